The minimum atomic E-state index is 0.571. The predicted molar refractivity (Wildman–Crippen MR) is 76.1 cm³/mol. The van der Waals surface area contributed by atoms with E-state index >= 15 is 0 Å². The molecular weight excluding hydrogens is 278 g/mol. The Hall–Kier alpha value is -0.350. The lowest BCUT2D eigenvalue weighted by atomic mass is 10.1. The van der Waals surface area contributed by atoms with Crippen LogP contribution in [0.15, 0.2) is 4.47 Å². The largest absolute Gasteiger partial charge is 0.298 e. The van der Waals surface area contributed by atoms with Crippen LogP contribution in [0.25, 0.3) is 0 Å². The summed E-state index contributed by atoms with van der Waals surface area (Å²) in [4.78, 5) is 2.38. The van der Waals surface area contributed by atoms with Crippen LogP contribution in [0.1, 0.15) is 39.1 Å². The molecular formula is C13H24BrN3. The van der Waals surface area contributed by atoms with Gasteiger partial charge >= 0.3 is 0 Å². The van der Waals surface area contributed by atoms with Crippen LogP contribution in [0.2, 0.25) is 0 Å². The molecule has 4 heteroatoms. The zero-order valence-electron chi connectivity index (χ0n) is 11.8. The Morgan fingerprint density at radius 2 is 1.94 bits per heavy atom. The van der Waals surface area contributed by atoms with Crippen LogP contribution in [0.3, 0.4) is 0 Å². The second-order valence-corrected chi connectivity index (χ2v) is 5.88. The summed E-state index contributed by atoms with van der Waals surface area (Å²) in [5.74, 6) is 0.664. The first-order valence-corrected chi connectivity index (χ1v) is 7.08. The van der Waals surface area contributed by atoms with Crippen molar-refractivity contribution in [1.29, 1.82) is 0 Å². The second kappa shape index (κ2) is 6.01. The maximum absolute atomic E-state index is 4.53. The fraction of sp³-hybridized carbons (Fsp3) is 0.769. The number of aromatic nitrogens is 2. The molecule has 0 spiro atoms. The first kappa shape index (κ1) is 14.7. The number of halogens is 1. The van der Waals surface area contributed by atoms with Gasteiger partial charge in [0.25, 0.3) is 0 Å². The molecule has 0 fully saturated rings. The third-order valence-electron chi connectivity index (χ3n) is 3.56. The number of rotatable bonds is 5. The summed E-state index contributed by atoms with van der Waals surface area (Å²) in [5, 5.41) is 4.53. The van der Waals surface area contributed by atoms with Crippen molar-refractivity contribution >= 4 is 15.9 Å². The van der Waals surface area contributed by atoms with Crippen molar-refractivity contribution in [1.82, 2.24) is 14.7 Å². The molecule has 98 valence electrons. The first-order valence-electron chi connectivity index (χ1n) is 6.28. The fourth-order valence-electron chi connectivity index (χ4n) is 1.88. The smallest absolute Gasteiger partial charge is 0.0767 e. The average molecular weight is 302 g/mol. The summed E-state index contributed by atoms with van der Waals surface area (Å²) in [6.07, 6.45) is 0.970. The van der Waals surface area contributed by atoms with Gasteiger partial charge < -0.3 is 0 Å². The standard InChI is InChI=1S/C13H24BrN3/c1-7-11-13(14)12(17(6)15-11)8-16(5)10(4)9(2)3/h9-10H,7-8H2,1-6H3. The third-order valence-corrected chi connectivity index (χ3v) is 4.48. The Balaban J connectivity index is 2.84. The van der Waals surface area contributed by atoms with Crippen molar-refractivity contribution in [2.75, 3.05) is 7.05 Å². The average Bonchev–Trinajstić information content (AvgIpc) is 2.55. The maximum atomic E-state index is 4.53. The zero-order valence-corrected chi connectivity index (χ0v) is 13.4. The molecule has 0 amide bonds. The van der Waals surface area contributed by atoms with Gasteiger partial charge in [0.05, 0.1) is 15.9 Å². The van der Waals surface area contributed by atoms with Crippen LogP contribution < -0.4 is 0 Å². The van der Waals surface area contributed by atoms with Crippen molar-refractivity contribution in [3.63, 3.8) is 0 Å². The topological polar surface area (TPSA) is 21.1 Å². The summed E-state index contributed by atoms with van der Waals surface area (Å²) >= 11 is 3.67. The third kappa shape index (κ3) is 3.32. The lowest BCUT2D eigenvalue weighted by Crippen LogP contribution is -2.33. The lowest BCUT2D eigenvalue weighted by Gasteiger charge is -2.27. The van der Waals surface area contributed by atoms with Gasteiger partial charge in [0.15, 0.2) is 0 Å². The second-order valence-electron chi connectivity index (χ2n) is 5.08. The highest BCUT2D eigenvalue weighted by Crippen LogP contribution is 2.23. The molecule has 0 saturated carbocycles. The Bertz CT molecular complexity index is 371. The van der Waals surface area contributed by atoms with Gasteiger partial charge in [0.1, 0.15) is 0 Å². The molecule has 1 aromatic heterocycles. The lowest BCUT2D eigenvalue weighted by molar-refractivity contribution is 0.195. The molecule has 0 aliphatic rings. The Labute approximate surface area is 113 Å². The quantitative estimate of drug-likeness (QED) is 0.832. The van der Waals surface area contributed by atoms with Crippen LogP contribution in [0.5, 0.6) is 0 Å². The van der Waals surface area contributed by atoms with Crippen LogP contribution in [0.4, 0.5) is 0 Å². The van der Waals surface area contributed by atoms with Crippen molar-refractivity contribution in [3.05, 3.63) is 15.9 Å². The highest BCUT2D eigenvalue weighted by Gasteiger charge is 2.18. The van der Waals surface area contributed by atoms with Crippen molar-refractivity contribution in [3.8, 4) is 0 Å². The zero-order chi connectivity index (χ0) is 13.2. The highest BCUT2D eigenvalue weighted by atomic mass is 79.9. The normalized spacial score (nSPS) is 13.7. The Morgan fingerprint density at radius 1 is 1.35 bits per heavy atom. The van der Waals surface area contributed by atoms with Crippen LogP contribution >= 0.6 is 15.9 Å². The number of hydrogen-bond donors (Lipinski definition) is 0. The molecule has 0 saturated heterocycles. The van der Waals surface area contributed by atoms with E-state index in [1.54, 1.807) is 0 Å². The number of nitrogens with zero attached hydrogens (tertiary/aromatic N) is 3. The molecule has 1 atom stereocenters. The summed E-state index contributed by atoms with van der Waals surface area (Å²) in [5.41, 5.74) is 2.41. The molecule has 1 rings (SSSR count). The molecule has 0 aliphatic carbocycles. The Kier molecular flexibility index (Phi) is 5.20. The maximum Gasteiger partial charge on any atom is 0.0767 e. The van der Waals surface area contributed by atoms with Gasteiger partial charge in [-0.2, -0.15) is 5.10 Å². The molecule has 1 aromatic rings. The molecule has 1 unspecified atom stereocenters. The number of hydrogen-bond acceptors (Lipinski definition) is 2. The monoisotopic (exact) mass is 301 g/mol. The van der Waals surface area contributed by atoms with Crippen LogP contribution in [-0.4, -0.2) is 27.8 Å². The summed E-state index contributed by atoms with van der Waals surface area (Å²) in [6, 6.07) is 0.571. The van der Waals surface area contributed by atoms with E-state index in [0.717, 1.165) is 18.7 Å². The molecule has 1 heterocycles. The van der Waals surface area contributed by atoms with Crippen LogP contribution in [-0.2, 0) is 20.0 Å². The van der Waals surface area contributed by atoms with E-state index in [1.165, 1.54) is 10.2 Å². The van der Waals surface area contributed by atoms with Crippen molar-refractivity contribution in [2.45, 2.75) is 46.7 Å². The van der Waals surface area contributed by atoms with E-state index in [9.17, 15) is 0 Å². The van der Waals surface area contributed by atoms with Gasteiger partial charge in [0.2, 0.25) is 0 Å². The molecule has 0 aliphatic heterocycles. The van der Waals surface area contributed by atoms with E-state index in [1.807, 2.05) is 11.7 Å². The van der Waals surface area contributed by atoms with Crippen molar-refractivity contribution < 1.29 is 0 Å². The van der Waals surface area contributed by atoms with E-state index in [-0.39, 0.29) is 0 Å². The van der Waals surface area contributed by atoms with Crippen molar-refractivity contribution in [2.24, 2.45) is 13.0 Å². The molecule has 0 N–H and O–H groups in total. The molecule has 0 radical (unpaired) electrons. The van der Waals surface area contributed by atoms with E-state index < -0.39 is 0 Å². The van der Waals surface area contributed by atoms with E-state index in [0.29, 0.717) is 12.0 Å². The van der Waals surface area contributed by atoms with Gasteiger partial charge in [-0.25, -0.2) is 0 Å². The van der Waals surface area contributed by atoms with Crippen LogP contribution in [0, 0.1) is 5.92 Å². The van der Waals surface area contributed by atoms with Gasteiger partial charge in [-0.05, 0) is 42.2 Å². The molecule has 0 bridgehead atoms. The predicted octanol–water partition coefficient (Wildman–Crippen LogP) is 3.22. The summed E-state index contributed by atoms with van der Waals surface area (Å²) < 4.78 is 3.16. The van der Waals surface area contributed by atoms with Gasteiger partial charge in [-0.15, -0.1) is 0 Å². The first-order chi connectivity index (χ1) is 7.88. The van der Waals surface area contributed by atoms with Gasteiger partial charge in [-0.3, -0.25) is 9.58 Å². The summed E-state index contributed by atoms with van der Waals surface area (Å²) in [7, 11) is 4.20. The highest BCUT2D eigenvalue weighted by molar-refractivity contribution is 9.10. The summed E-state index contributed by atoms with van der Waals surface area (Å²) in [6.45, 7) is 9.87. The minimum Gasteiger partial charge on any atom is -0.298 e. The fourth-order valence-corrected chi connectivity index (χ4v) is 2.62. The van der Waals surface area contributed by atoms with E-state index in [2.05, 4.69) is 60.7 Å². The number of aryl methyl sites for hydroxylation is 2. The minimum absolute atomic E-state index is 0.571. The SMILES string of the molecule is CCc1nn(C)c(CN(C)C(C)C(C)C)c1Br. The Morgan fingerprint density at radius 3 is 2.35 bits per heavy atom. The van der Waals surface area contributed by atoms with Gasteiger partial charge in [-0.1, -0.05) is 20.8 Å². The molecule has 17 heavy (non-hydrogen) atoms. The van der Waals surface area contributed by atoms with Gasteiger partial charge in [0, 0.05) is 19.6 Å². The molecule has 3 nitrogen and oxygen atoms in total. The molecule has 0 aromatic carbocycles. The van der Waals surface area contributed by atoms with E-state index in [4.69, 9.17) is 0 Å².